The van der Waals surface area contributed by atoms with E-state index in [-0.39, 0.29) is 5.56 Å². The number of aryl methyl sites for hydroxylation is 1. The number of hydrogen-bond acceptors (Lipinski definition) is 6. The molecule has 2 heterocycles. The minimum Gasteiger partial charge on any atom is -0.494 e. The first-order valence-electron chi connectivity index (χ1n) is 10.7. The van der Waals surface area contributed by atoms with Gasteiger partial charge < -0.3 is 9.47 Å². The molecule has 7 heteroatoms. The van der Waals surface area contributed by atoms with Crippen LogP contribution in [-0.4, -0.2) is 28.5 Å². The summed E-state index contributed by atoms with van der Waals surface area (Å²) in [4.78, 5) is 20.4. The maximum atomic E-state index is 13.3. The standard InChI is InChI=1S/C24H28N2O3S2/c1-4-12-26-23(27)21-19-11-6-16(3)15-20(19)31-22(21)25-24(26)30-14-13-29-18-9-7-17(8-10-18)28-5-2/h4,7-10,16H,1,5-6,11-15H2,2-3H3. The molecular weight excluding hydrogens is 428 g/mol. The Bertz CT molecular complexity index is 1120. The van der Waals surface area contributed by atoms with Gasteiger partial charge in [0.25, 0.3) is 5.56 Å². The molecule has 3 aromatic rings. The van der Waals surface area contributed by atoms with Crippen molar-refractivity contribution in [3.8, 4) is 11.5 Å². The van der Waals surface area contributed by atoms with Crippen LogP contribution in [0, 0.1) is 5.92 Å². The van der Waals surface area contributed by atoms with Gasteiger partial charge in [-0.15, -0.1) is 17.9 Å². The van der Waals surface area contributed by atoms with Crippen LogP contribution in [0.3, 0.4) is 0 Å². The monoisotopic (exact) mass is 456 g/mol. The maximum absolute atomic E-state index is 13.3. The van der Waals surface area contributed by atoms with Gasteiger partial charge in [0.2, 0.25) is 0 Å². The lowest BCUT2D eigenvalue weighted by Crippen LogP contribution is -2.23. The molecule has 0 bridgehead atoms. The second kappa shape index (κ2) is 9.92. The lowest BCUT2D eigenvalue weighted by atomic mass is 9.89. The zero-order valence-corrected chi connectivity index (χ0v) is 19.7. The first kappa shape index (κ1) is 22.0. The number of allylic oxidation sites excluding steroid dienone is 1. The van der Waals surface area contributed by atoms with Crippen LogP contribution in [0.4, 0.5) is 0 Å². The van der Waals surface area contributed by atoms with Crippen molar-refractivity contribution in [2.45, 2.75) is 44.8 Å². The minimum atomic E-state index is 0.0619. The highest BCUT2D eigenvalue weighted by Crippen LogP contribution is 2.36. The van der Waals surface area contributed by atoms with E-state index in [2.05, 4.69) is 13.5 Å². The van der Waals surface area contributed by atoms with Crippen molar-refractivity contribution in [3.05, 3.63) is 57.7 Å². The highest BCUT2D eigenvalue weighted by Gasteiger charge is 2.24. The van der Waals surface area contributed by atoms with Gasteiger partial charge in [0.15, 0.2) is 5.16 Å². The van der Waals surface area contributed by atoms with E-state index >= 15 is 0 Å². The fraction of sp³-hybridized carbons (Fsp3) is 0.417. The van der Waals surface area contributed by atoms with Gasteiger partial charge in [0.1, 0.15) is 16.3 Å². The van der Waals surface area contributed by atoms with E-state index in [1.54, 1.807) is 33.7 Å². The van der Waals surface area contributed by atoms with Crippen LogP contribution in [-0.2, 0) is 19.4 Å². The molecule has 0 amide bonds. The van der Waals surface area contributed by atoms with Crippen molar-refractivity contribution in [3.63, 3.8) is 0 Å². The average molecular weight is 457 g/mol. The van der Waals surface area contributed by atoms with E-state index in [1.165, 1.54) is 10.4 Å². The largest absolute Gasteiger partial charge is 0.494 e. The number of ether oxygens (including phenoxy) is 2. The molecule has 1 aliphatic rings. The number of thiophene rings is 1. The van der Waals surface area contributed by atoms with Gasteiger partial charge >= 0.3 is 0 Å². The van der Waals surface area contributed by atoms with Crippen LogP contribution < -0.4 is 15.0 Å². The quantitative estimate of drug-likeness (QED) is 0.188. The lowest BCUT2D eigenvalue weighted by molar-refractivity contribution is 0.332. The summed E-state index contributed by atoms with van der Waals surface area (Å²) in [6.45, 7) is 9.71. The summed E-state index contributed by atoms with van der Waals surface area (Å²) < 4.78 is 13.1. The predicted molar refractivity (Wildman–Crippen MR) is 129 cm³/mol. The topological polar surface area (TPSA) is 53.4 Å². The fourth-order valence-electron chi connectivity index (χ4n) is 3.90. The number of nitrogens with zero attached hydrogens (tertiary/aromatic N) is 2. The highest BCUT2D eigenvalue weighted by atomic mass is 32.2. The van der Waals surface area contributed by atoms with Crippen molar-refractivity contribution in [2.24, 2.45) is 5.92 Å². The van der Waals surface area contributed by atoms with Gasteiger partial charge in [-0.25, -0.2) is 4.98 Å². The summed E-state index contributed by atoms with van der Waals surface area (Å²) >= 11 is 3.25. The third-order valence-corrected chi connectivity index (χ3v) is 7.50. The number of benzene rings is 1. The van der Waals surface area contributed by atoms with Gasteiger partial charge in [-0.3, -0.25) is 9.36 Å². The predicted octanol–water partition coefficient (Wildman–Crippen LogP) is 5.34. The molecule has 1 aromatic carbocycles. The number of fused-ring (bicyclic) bond motifs is 3. The zero-order valence-electron chi connectivity index (χ0n) is 18.1. The first-order valence-corrected chi connectivity index (χ1v) is 12.5. The number of thioether (sulfide) groups is 1. The Balaban J connectivity index is 1.49. The zero-order chi connectivity index (χ0) is 21.8. The van der Waals surface area contributed by atoms with Crippen LogP contribution in [0.25, 0.3) is 10.2 Å². The molecule has 0 fully saturated rings. The highest BCUT2D eigenvalue weighted by molar-refractivity contribution is 7.99. The van der Waals surface area contributed by atoms with E-state index in [9.17, 15) is 4.79 Å². The molecule has 1 atom stereocenters. The molecule has 31 heavy (non-hydrogen) atoms. The Morgan fingerprint density at radius 2 is 2.03 bits per heavy atom. The van der Waals surface area contributed by atoms with Crippen molar-refractivity contribution in [1.82, 2.24) is 9.55 Å². The molecule has 1 aliphatic carbocycles. The second-order valence-corrected chi connectivity index (χ2v) is 9.88. The fourth-order valence-corrected chi connectivity index (χ4v) is 6.15. The average Bonchev–Trinajstić information content (AvgIpc) is 3.12. The number of hydrogen-bond donors (Lipinski definition) is 0. The summed E-state index contributed by atoms with van der Waals surface area (Å²) in [5, 5.41) is 1.56. The van der Waals surface area contributed by atoms with Crippen LogP contribution in [0.1, 0.15) is 30.7 Å². The molecule has 0 spiro atoms. The normalized spacial score (nSPS) is 15.6. The van der Waals surface area contributed by atoms with Crippen molar-refractivity contribution in [1.29, 1.82) is 0 Å². The van der Waals surface area contributed by atoms with E-state index in [0.717, 1.165) is 46.1 Å². The molecule has 2 aromatic heterocycles. The minimum absolute atomic E-state index is 0.0619. The van der Waals surface area contributed by atoms with E-state index < -0.39 is 0 Å². The number of rotatable bonds is 9. The van der Waals surface area contributed by atoms with Crippen LogP contribution in [0.5, 0.6) is 11.5 Å². The van der Waals surface area contributed by atoms with Gasteiger partial charge in [-0.1, -0.05) is 24.8 Å². The van der Waals surface area contributed by atoms with Gasteiger partial charge in [-0.05, 0) is 61.9 Å². The Morgan fingerprint density at radius 1 is 1.29 bits per heavy atom. The van der Waals surface area contributed by atoms with Crippen LogP contribution >= 0.6 is 23.1 Å². The second-order valence-electron chi connectivity index (χ2n) is 7.73. The van der Waals surface area contributed by atoms with Crippen molar-refractivity contribution >= 4 is 33.3 Å². The Hall–Kier alpha value is -2.25. The molecule has 4 rings (SSSR count). The van der Waals surface area contributed by atoms with Crippen molar-refractivity contribution < 1.29 is 9.47 Å². The van der Waals surface area contributed by atoms with Crippen LogP contribution in [0.2, 0.25) is 0 Å². The van der Waals surface area contributed by atoms with E-state index in [1.807, 2.05) is 31.2 Å². The maximum Gasteiger partial charge on any atom is 0.263 e. The molecule has 0 radical (unpaired) electrons. The van der Waals surface area contributed by atoms with Crippen LogP contribution in [0.15, 0.2) is 46.9 Å². The Kier molecular flexibility index (Phi) is 7.02. The lowest BCUT2D eigenvalue weighted by Gasteiger charge is -2.17. The molecule has 0 N–H and O–H groups in total. The van der Waals surface area contributed by atoms with Gasteiger partial charge in [-0.2, -0.15) is 0 Å². The molecule has 0 saturated carbocycles. The van der Waals surface area contributed by atoms with E-state index in [0.29, 0.717) is 31.4 Å². The molecule has 0 saturated heterocycles. The van der Waals surface area contributed by atoms with Gasteiger partial charge in [0, 0.05) is 17.2 Å². The molecular formula is C24H28N2O3S2. The Morgan fingerprint density at radius 3 is 2.74 bits per heavy atom. The van der Waals surface area contributed by atoms with E-state index in [4.69, 9.17) is 14.5 Å². The van der Waals surface area contributed by atoms with Gasteiger partial charge in [0.05, 0.1) is 18.6 Å². The van der Waals surface area contributed by atoms with Crippen molar-refractivity contribution in [2.75, 3.05) is 19.0 Å². The first-order chi connectivity index (χ1) is 15.1. The molecule has 0 aliphatic heterocycles. The summed E-state index contributed by atoms with van der Waals surface area (Å²) in [5.74, 6) is 3.01. The SMILES string of the molecule is C=CCn1c(SCCOc2ccc(OCC)cc2)nc2sc3c(c2c1=O)CCC(C)C3. The number of aromatic nitrogens is 2. The molecule has 1 unspecified atom stereocenters. The third kappa shape index (κ3) is 4.83. The Labute approximate surface area is 191 Å². The molecule has 5 nitrogen and oxygen atoms in total. The summed E-state index contributed by atoms with van der Waals surface area (Å²) in [6.07, 6.45) is 4.93. The smallest absolute Gasteiger partial charge is 0.263 e. The molecule has 164 valence electrons. The summed E-state index contributed by atoms with van der Waals surface area (Å²) in [7, 11) is 0. The third-order valence-electron chi connectivity index (χ3n) is 5.41. The summed E-state index contributed by atoms with van der Waals surface area (Å²) in [5.41, 5.74) is 1.29. The summed E-state index contributed by atoms with van der Waals surface area (Å²) in [6, 6.07) is 7.63.